The maximum absolute atomic E-state index is 12.5. The van der Waals surface area contributed by atoms with Crippen molar-refractivity contribution < 1.29 is 14.7 Å². The molecule has 1 aliphatic rings. The van der Waals surface area contributed by atoms with Gasteiger partial charge in [0.1, 0.15) is 0 Å². The van der Waals surface area contributed by atoms with E-state index in [-0.39, 0.29) is 16.9 Å². The fourth-order valence-electron chi connectivity index (χ4n) is 2.25. The molecule has 98 valence electrons. The summed E-state index contributed by atoms with van der Waals surface area (Å²) in [5.74, 6) is -1.42. The van der Waals surface area contributed by atoms with E-state index >= 15 is 0 Å². The van der Waals surface area contributed by atoms with Crippen molar-refractivity contribution in [2.24, 2.45) is 0 Å². The van der Waals surface area contributed by atoms with E-state index in [9.17, 15) is 14.7 Å². The van der Waals surface area contributed by atoms with Crippen LogP contribution in [0.15, 0.2) is 54.3 Å². The number of hydrogen-bond donors (Lipinski definition) is 1. The van der Waals surface area contributed by atoms with E-state index in [1.165, 1.54) is 6.07 Å². The van der Waals surface area contributed by atoms with E-state index in [0.29, 0.717) is 16.1 Å². The molecule has 3 nitrogen and oxygen atoms in total. The van der Waals surface area contributed by atoms with Crippen molar-refractivity contribution in [1.29, 1.82) is 0 Å². The number of benzene rings is 2. The molecule has 1 N–H and O–H groups in total. The molecular weight excluding hydrogens is 276 g/mol. The number of halogens is 1. The fourth-order valence-corrected chi connectivity index (χ4v) is 2.37. The Balaban J connectivity index is 2.21. The monoisotopic (exact) mass is 284 g/mol. The van der Waals surface area contributed by atoms with Crippen LogP contribution in [-0.2, 0) is 0 Å². The zero-order chi connectivity index (χ0) is 14.3. The van der Waals surface area contributed by atoms with Gasteiger partial charge in [0.2, 0.25) is 5.78 Å². The third-order valence-electron chi connectivity index (χ3n) is 3.23. The molecule has 0 heterocycles. The summed E-state index contributed by atoms with van der Waals surface area (Å²) in [6, 6.07) is 12.9. The number of hydrogen-bond acceptors (Lipinski definition) is 3. The average Bonchev–Trinajstić information content (AvgIpc) is 2.47. The summed E-state index contributed by atoms with van der Waals surface area (Å²) in [4.78, 5) is 24.6. The Kier molecular flexibility index (Phi) is 2.92. The van der Waals surface area contributed by atoms with Crippen LogP contribution in [0.1, 0.15) is 26.3 Å². The van der Waals surface area contributed by atoms with E-state index < -0.39 is 11.5 Å². The second-order valence-electron chi connectivity index (χ2n) is 4.43. The highest BCUT2D eigenvalue weighted by Crippen LogP contribution is 2.31. The minimum Gasteiger partial charge on any atom is -0.504 e. The summed E-state index contributed by atoms with van der Waals surface area (Å²) < 4.78 is 0. The lowest BCUT2D eigenvalue weighted by atomic mass is 9.85. The van der Waals surface area contributed by atoms with Crippen LogP contribution in [0.2, 0.25) is 5.02 Å². The van der Waals surface area contributed by atoms with Crippen LogP contribution in [0.5, 0.6) is 0 Å². The highest BCUT2D eigenvalue weighted by Gasteiger charge is 2.32. The van der Waals surface area contributed by atoms with Crippen LogP contribution < -0.4 is 0 Å². The molecule has 0 fully saturated rings. The molecule has 1 aliphatic carbocycles. The van der Waals surface area contributed by atoms with Crippen molar-refractivity contribution in [1.82, 2.24) is 0 Å². The first-order valence-corrected chi connectivity index (χ1v) is 6.35. The molecular formula is C16H9ClO3. The van der Waals surface area contributed by atoms with Gasteiger partial charge < -0.3 is 5.11 Å². The van der Waals surface area contributed by atoms with E-state index in [1.807, 2.05) is 0 Å². The summed E-state index contributed by atoms with van der Waals surface area (Å²) in [5.41, 5.74) is 1.03. The predicted octanol–water partition coefficient (Wildman–Crippen LogP) is 3.69. The molecule has 0 saturated carbocycles. The molecule has 4 heteroatoms. The molecule has 0 aromatic heterocycles. The molecule has 0 bridgehead atoms. The third kappa shape index (κ3) is 1.84. The lowest BCUT2D eigenvalue weighted by molar-refractivity contribution is 0.0947. The van der Waals surface area contributed by atoms with Crippen LogP contribution in [0, 0.1) is 0 Å². The molecule has 3 rings (SSSR count). The normalized spacial score (nSPS) is 14.4. The quantitative estimate of drug-likeness (QED) is 0.869. The van der Waals surface area contributed by atoms with Gasteiger partial charge in [0.25, 0.3) is 0 Å². The lowest BCUT2D eigenvalue weighted by Gasteiger charge is -2.17. The van der Waals surface area contributed by atoms with Crippen molar-refractivity contribution in [3.8, 4) is 0 Å². The minimum absolute atomic E-state index is 0.0189. The summed E-state index contributed by atoms with van der Waals surface area (Å²) in [5, 5.41) is 10.6. The van der Waals surface area contributed by atoms with Gasteiger partial charge in [0.15, 0.2) is 11.5 Å². The Bertz CT molecular complexity index is 758. The Morgan fingerprint density at radius 3 is 1.95 bits per heavy atom. The molecule has 20 heavy (non-hydrogen) atoms. The van der Waals surface area contributed by atoms with Crippen molar-refractivity contribution in [2.45, 2.75) is 0 Å². The number of fused-ring (bicyclic) bond motifs is 1. The zero-order valence-corrected chi connectivity index (χ0v) is 11.0. The first-order valence-electron chi connectivity index (χ1n) is 5.97. The maximum Gasteiger partial charge on any atom is 0.228 e. The largest absolute Gasteiger partial charge is 0.504 e. The summed E-state index contributed by atoms with van der Waals surface area (Å²) >= 11 is 5.80. The van der Waals surface area contributed by atoms with Gasteiger partial charge in [-0.2, -0.15) is 0 Å². The van der Waals surface area contributed by atoms with Crippen molar-refractivity contribution in [2.75, 3.05) is 0 Å². The van der Waals surface area contributed by atoms with Crippen LogP contribution >= 0.6 is 11.6 Å². The number of ketones is 2. The Labute approximate surface area is 120 Å². The number of carbonyl (C=O) groups excluding carboxylic acids is 2. The Morgan fingerprint density at radius 2 is 1.35 bits per heavy atom. The first-order chi connectivity index (χ1) is 9.59. The van der Waals surface area contributed by atoms with Gasteiger partial charge >= 0.3 is 0 Å². The van der Waals surface area contributed by atoms with Gasteiger partial charge in [0.05, 0.1) is 5.57 Å². The fraction of sp³-hybridized carbons (Fsp3) is 0. The van der Waals surface area contributed by atoms with Gasteiger partial charge in [-0.15, -0.1) is 0 Å². The topological polar surface area (TPSA) is 54.4 Å². The van der Waals surface area contributed by atoms with Gasteiger partial charge in [0, 0.05) is 16.1 Å². The smallest absolute Gasteiger partial charge is 0.228 e. The Morgan fingerprint density at radius 1 is 0.800 bits per heavy atom. The Hall–Kier alpha value is -2.39. The van der Waals surface area contributed by atoms with Crippen molar-refractivity contribution in [3.63, 3.8) is 0 Å². The highest BCUT2D eigenvalue weighted by molar-refractivity contribution is 6.40. The predicted molar refractivity (Wildman–Crippen MR) is 76.1 cm³/mol. The number of aliphatic hydroxyl groups excluding tert-OH is 1. The number of Topliss-reactive ketones (excluding diaryl/α,β-unsaturated/α-hetero) is 2. The summed E-state index contributed by atoms with van der Waals surface area (Å²) in [6.45, 7) is 0. The zero-order valence-electron chi connectivity index (χ0n) is 10.3. The molecule has 2 aromatic rings. The van der Waals surface area contributed by atoms with E-state index in [2.05, 4.69) is 0 Å². The van der Waals surface area contributed by atoms with Gasteiger partial charge in [-0.05, 0) is 17.7 Å². The minimum atomic E-state index is -0.537. The SMILES string of the molecule is O=C1C(O)=C(c2ccc(Cl)cc2)C(=O)c2ccccc21. The summed E-state index contributed by atoms with van der Waals surface area (Å²) in [6.07, 6.45) is 0. The molecule has 0 saturated heterocycles. The number of carbonyl (C=O) groups is 2. The van der Waals surface area contributed by atoms with Crippen LogP contribution in [0.3, 0.4) is 0 Å². The molecule has 2 aromatic carbocycles. The molecule has 0 aliphatic heterocycles. The van der Waals surface area contributed by atoms with Gasteiger partial charge in [-0.25, -0.2) is 0 Å². The second kappa shape index (κ2) is 4.62. The molecule has 0 spiro atoms. The number of allylic oxidation sites excluding steroid dienone is 2. The maximum atomic E-state index is 12.5. The third-order valence-corrected chi connectivity index (χ3v) is 3.48. The van der Waals surface area contributed by atoms with Gasteiger partial charge in [-0.1, -0.05) is 48.0 Å². The standard InChI is InChI=1S/C16H9ClO3/c17-10-7-5-9(6-8-10)13-14(18)11-3-1-2-4-12(11)15(19)16(13)20/h1-8,20H. The van der Waals surface area contributed by atoms with Crippen LogP contribution in [0.25, 0.3) is 5.57 Å². The van der Waals surface area contributed by atoms with Gasteiger partial charge in [-0.3, -0.25) is 9.59 Å². The lowest BCUT2D eigenvalue weighted by Crippen LogP contribution is -2.21. The van der Waals surface area contributed by atoms with Crippen LogP contribution in [-0.4, -0.2) is 16.7 Å². The first kappa shape index (κ1) is 12.6. The van der Waals surface area contributed by atoms with E-state index in [0.717, 1.165) is 0 Å². The highest BCUT2D eigenvalue weighted by atomic mass is 35.5. The molecule has 0 amide bonds. The van der Waals surface area contributed by atoms with Crippen molar-refractivity contribution in [3.05, 3.63) is 76.0 Å². The van der Waals surface area contributed by atoms with E-state index in [1.54, 1.807) is 42.5 Å². The summed E-state index contributed by atoms with van der Waals surface area (Å²) in [7, 11) is 0. The average molecular weight is 285 g/mol. The van der Waals surface area contributed by atoms with Crippen molar-refractivity contribution >= 4 is 28.7 Å². The molecule has 0 radical (unpaired) electrons. The second-order valence-corrected chi connectivity index (χ2v) is 4.87. The van der Waals surface area contributed by atoms with Crippen LogP contribution in [0.4, 0.5) is 0 Å². The van der Waals surface area contributed by atoms with E-state index in [4.69, 9.17) is 11.6 Å². The number of aliphatic hydroxyl groups is 1. The molecule has 0 unspecified atom stereocenters. The molecule has 0 atom stereocenters. The number of rotatable bonds is 1.